The number of nitrogens with zero attached hydrogens (tertiary/aromatic N) is 2. The second-order valence-corrected chi connectivity index (χ2v) is 12.4. The van der Waals surface area contributed by atoms with Crippen molar-refractivity contribution < 1.29 is 14.4 Å². The van der Waals surface area contributed by atoms with E-state index in [2.05, 4.69) is 62.2 Å². The highest BCUT2D eigenvalue weighted by Crippen LogP contribution is 2.28. The number of hydrogen-bond donors (Lipinski definition) is 2. The Morgan fingerprint density at radius 1 is 1.10 bits per heavy atom. The van der Waals surface area contributed by atoms with Crippen LogP contribution >= 0.6 is 0 Å². The predicted octanol–water partition coefficient (Wildman–Crippen LogP) is 5.55. The van der Waals surface area contributed by atoms with Crippen molar-refractivity contribution in [1.29, 1.82) is 0 Å². The lowest BCUT2D eigenvalue weighted by molar-refractivity contribution is -0.121. The highest BCUT2D eigenvalue weighted by molar-refractivity contribution is 6.00. The van der Waals surface area contributed by atoms with Gasteiger partial charge in [0, 0.05) is 49.6 Å². The first kappa shape index (κ1) is 35.5. The molecule has 1 aliphatic heterocycles. The van der Waals surface area contributed by atoms with Crippen LogP contribution in [0.3, 0.4) is 0 Å². The van der Waals surface area contributed by atoms with Crippen molar-refractivity contribution in [2.24, 2.45) is 5.92 Å². The fourth-order valence-electron chi connectivity index (χ4n) is 5.68. The molecule has 234 valence electrons. The first-order valence-electron chi connectivity index (χ1n) is 16.2. The highest BCUT2D eigenvalue weighted by atomic mass is 16.2. The molecule has 1 aromatic carbocycles. The maximum absolute atomic E-state index is 13.0. The zero-order valence-corrected chi connectivity index (χ0v) is 27.1. The smallest absolute Gasteiger partial charge is 0.255 e. The Morgan fingerprint density at radius 2 is 1.86 bits per heavy atom. The maximum atomic E-state index is 13.0. The highest BCUT2D eigenvalue weighted by Gasteiger charge is 2.33. The molecule has 42 heavy (non-hydrogen) atoms. The molecule has 0 aliphatic carbocycles. The number of rotatable bonds is 20. The van der Waals surface area contributed by atoms with Gasteiger partial charge in [0.1, 0.15) is 6.29 Å². The average Bonchev–Trinajstić information content (AvgIpc) is 3.31. The van der Waals surface area contributed by atoms with E-state index >= 15 is 0 Å². The van der Waals surface area contributed by atoms with Crippen LogP contribution in [0.2, 0.25) is 0 Å². The Labute approximate surface area is 255 Å². The zero-order valence-electron chi connectivity index (χ0n) is 27.1. The van der Waals surface area contributed by atoms with E-state index < -0.39 is 6.04 Å². The van der Waals surface area contributed by atoms with Gasteiger partial charge in [-0.2, -0.15) is 0 Å². The molecule has 1 aromatic rings. The molecule has 3 unspecified atom stereocenters. The summed E-state index contributed by atoms with van der Waals surface area (Å²) >= 11 is 0. The molecule has 2 amide bonds. The molecular formula is C35H56N4O3. The number of hydrogen-bond acceptors (Lipinski definition) is 5. The monoisotopic (exact) mass is 580 g/mol. The van der Waals surface area contributed by atoms with Crippen LogP contribution in [0.1, 0.15) is 119 Å². The van der Waals surface area contributed by atoms with Gasteiger partial charge in [-0.1, -0.05) is 57.9 Å². The number of benzene rings is 1. The Balaban J connectivity index is 1.79. The Hall–Kier alpha value is -2.69. The molecule has 0 spiro atoms. The normalized spacial score (nSPS) is 14.9. The maximum Gasteiger partial charge on any atom is 0.255 e. The lowest BCUT2D eigenvalue weighted by atomic mass is 9.95. The SMILES string of the molecule is CCCC(CC(CCC(C)C)NCCCCCCC#Cc1cccc2c1CN(C(C=O)CCC(=O)NC)C2=O)N(C)C. The minimum atomic E-state index is -0.617. The van der Waals surface area contributed by atoms with Crippen molar-refractivity contribution >= 4 is 18.1 Å². The molecule has 0 fully saturated rings. The van der Waals surface area contributed by atoms with Gasteiger partial charge in [0.25, 0.3) is 5.91 Å². The molecule has 7 nitrogen and oxygen atoms in total. The third-order valence-corrected chi connectivity index (χ3v) is 8.39. The number of amides is 2. The Kier molecular flexibility index (Phi) is 16.5. The number of aldehydes is 1. The minimum absolute atomic E-state index is 0.139. The summed E-state index contributed by atoms with van der Waals surface area (Å²) in [6, 6.07) is 6.22. The van der Waals surface area contributed by atoms with Gasteiger partial charge in [-0.05, 0) is 89.2 Å². The summed E-state index contributed by atoms with van der Waals surface area (Å²) in [6.45, 7) is 8.34. The van der Waals surface area contributed by atoms with Gasteiger partial charge in [0.15, 0.2) is 0 Å². The largest absolute Gasteiger partial charge is 0.359 e. The standard InChI is InChI=1S/C35H56N4O3/c1-7-15-30(38(5)6)24-29(20-19-27(2)3)37-23-13-11-9-8-10-12-16-28-17-14-18-32-33(28)25-39(35(32)42)31(26-40)21-22-34(41)36-4/h14,17-18,26-27,29-31,37H,7-11,13,15,19-25H2,1-6H3,(H,36,41). The van der Waals surface area contributed by atoms with E-state index in [-0.39, 0.29) is 18.2 Å². The lowest BCUT2D eigenvalue weighted by Gasteiger charge is -2.29. The molecular weight excluding hydrogens is 524 g/mol. The van der Waals surface area contributed by atoms with Gasteiger partial charge in [-0.15, -0.1) is 0 Å². The van der Waals surface area contributed by atoms with E-state index in [4.69, 9.17) is 0 Å². The zero-order chi connectivity index (χ0) is 30.9. The number of nitrogens with one attached hydrogen (secondary N) is 2. The van der Waals surface area contributed by atoms with Crippen molar-refractivity contribution in [3.8, 4) is 11.8 Å². The van der Waals surface area contributed by atoms with E-state index in [0.29, 0.717) is 30.6 Å². The molecule has 7 heteroatoms. The molecule has 2 N–H and O–H groups in total. The first-order valence-corrected chi connectivity index (χ1v) is 16.2. The van der Waals surface area contributed by atoms with Crippen LogP contribution in [0.4, 0.5) is 0 Å². The second-order valence-electron chi connectivity index (χ2n) is 12.4. The summed E-state index contributed by atoms with van der Waals surface area (Å²) in [5.74, 6) is 7.03. The van der Waals surface area contributed by atoms with Crippen LogP contribution in [0.5, 0.6) is 0 Å². The van der Waals surface area contributed by atoms with Crippen LogP contribution in [0, 0.1) is 17.8 Å². The van der Waals surface area contributed by atoms with E-state index in [1.807, 2.05) is 12.1 Å². The summed E-state index contributed by atoms with van der Waals surface area (Å²) in [5.41, 5.74) is 2.35. The summed E-state index contributed by atoms with van der Waals surface area (Å²) in [4.78, 5) is 40.3. The summed E-state index contributed by atoms with van der Waals surface area (Å²) < 4.78 is 0. The van der Waals surface area contributed by atoms with Crippen LogP contribution in [-0.2, 0) is 16.1 Å². The van der Waals surface area contributed by atoms with Crippen LogP contribution in [0.25, 0.3) is 0 Å². The van der Waals surface area contributed by atoms with E-state index in [1.165, 1.54) is 44.9 Å². The van der Waals surface area contributed by atoms with Crippen molar-refractivity contribution in [1.82, 2.24) is 20.4 Å². The quantitative estimate of drug-likeness (QED) is 0.120. The van der Waals surface area contributed by atoms with E-state index in [0.717, 1.165) is 49.1 Å². The van der Waals surface area contributed by atoms with E-state index in [9.17, 15) is 14.4 Å². The van der Waals surface area contributed by atoms with Crippen molar-refractivity contribution in [3.63, 3.8) is 0 Å². The van der Waals surface area contributed by atoms with Gasteiger partial charge < -0.3 is 25.2 Å². The lowest BCUT2D eigenvalue weighted by Crippen LogP contribution is -2.38. The summed E-state index contributed by atoms with van der Waals surface area (Å²) in [7, 11) is 5.99. The fraction of sp³-hybridized carbons (Fsp3) is 0.686. The topological polar surface area (TPSA) is 81.8 Å². The van der Waals surface area contributed by atoms with Crippen LogP contribution in [-0.4, -0.2) is 73.7 Å². The molecule has 3 atom stereocenters. The second kappa shape index (κ2) is 19.5. The molecule has 1 aliphatic rings. The third kappa shape index (κ3) is 11.9. The van der Waals surface area contributed by atoms with Crippen molar-refractivity contribution in [2.45, 2.75) is 122 Å². The van der Waals surface area contributed by atoms with Gasteiger partial charge >= 0.3 is 0 Å². The first-order chi connectivity index (χ1) is 20.2. The summed E-state index contributed by atoms with van der Waals surface area (Å²) in [5, 5.41) is 6.44. The van der Waals surface area contributed by atoms with Crippen molar-refractivity contribution in [2.75, 3.05) is 27.7 Å². The number of unbranched alkanes of at least 4 members (excludes halogenated alkanes) is 4. The third-order valence-electron chi connectivity index (χ3n) is 8.39. The van der Waals surface area contributed by atoms with Crippen LogP contribution in [0.15, 0.2) is 18.2 Å². The molecule has 2 rings (SSSR count). The van der Waals surface area contributed by atoms with Gasteiger partial charge in [-0.3, -0.25) is 9.59 Å². The van der Waals surface area contributed by atoms with Crippen molar-refractivity contribution in [3.05, 3.63) is 34.9 Å². The Morgan fingerprint density at radius 3 is 2.52 bits per heavy atom. The van der Waals surface area contributed by atoms with Gasteiger partial charge in [-0.25, -0.2) is 0 Å². The van der Waals surface area contributed by atoms with Gasteiger partial charge in [0.2, 0.25) is 5.91 Å². The van der Waals surface area contributed by atoms with Crippen LogP contribution < -0.4 is 10.6 Å². The number of carbonyl (C=O) groups is 3. The molecule has 0 saturated heterocycles. The molecule has 0 saturated carbocycles. The molecule has 0 aromatic heterocycles. The molecule has 0 bridgehead atoms. The average molecular weight is 581 g/mol. The molecule has 0 radical (unpaired) electrons. The fourth-order valence-corrected chi connectivity index (χ4v) is 5.68. The molecule has 1 heterocycles. The Bertz CT molecular complexity index is 1040. The number of carbonyl (C=O) groups excluding carboxylic acids is 3. The number of fused-ring (bicyclic) bond motifs is 1. The minimum Gasteiger partial charge on any atom is -0.359 e. The predicted molar refractivity (Wildman–Crippen MR) is 172 cm³/mol. The summed E-state index contributed by atoms with van der Waals surface area (Å²) in [6.07, 6.45) is 13.0. The van der Waals surface area contributed by atoms with Gasteiger partial charge in [0.05, 0.1) is 6.04 Å². The van der Waals surface area contributed by atoms with E-state index in [1.54, 1.807) is 18.0 Å².